The van der Waals surface area contributed by atoms with Crippen LogP contribution in [0.4, 0.5) is 0 Å². The molecule has 0 saturated heterocycles. The molecule has 5 N–H and O–H groups in total. The van der Waals surface area contributed by atoms with Crippen LogP contribution in [0.2, 0.25) is 0 Å². The molecule has 0 aliphatic rings. The number of unbranched alkanes of at least 4 members (excludes halogenated alkanes) is 1. The first-order valence-corrected chi connectivity index (χ1v) is 9.42. The fraction of sp³-hybridized carbons (Fsp3) is 0.238. The molecule has 8 heteroatoms. The number of carbonyl (C=O) groups is 1. The Morgan fingerprint density at radius 3 is 2.21 bits per heavy atom. The molecule has 0 aliphatic heterocycles. The van der Waals surface area contributed by atoms with E-state index in [9.17, 15) is 4.79 Å². The summed E-state index contributed by atoms with van der Waals surface area (Å²) in [6.07, 6.45) is 1.50. The number of rotatable bonds is 9. The number of benzene rings is 2. The molecule has 0 spiro atoms. The molecule has 0 aliphatic carbocycles. The van der Waals surface area contributed by atoms with Crippen LogP contribution in [0, 0.1) is 0 Å². The van der Waals surface area contributed by atoms with E-state index in [0.29, 0.717) is 19.0 Å². The molecule has 29 heavy (non-hydrogen) atoms. The first-order valence-electron chi connectivity index (χ1n) is 9.42. The molecule has 0 unspecified atom stereocenters. The second-order valence-corrected chi connectivity index (χ2v) is 6.48. The molecule has 1 amide bonds. The largest absolute Gasteiger partial charge is 0.370 e. The second kappa shape index (κ2) is 10.0. The quantitative estimate of drug-likeness (QED) is 0.290. The average Bonchev–Trinajstić information content (AvgIpc) is 3.22. The number of amides is 1. The maximum absolute atomic E-state index is 12.3. The zero-order valence-corrected chi connectivity index (χ0v) is 16.0. The summed E-state index contributed by atoms with van der Waals surface area (Å²) in [5.41, 5.74) is 12.6. The summed E-state index contributed by atoms with van der Waals surface area (Å²) in [5.74, 6) is -0.158. The number of guanidine groups is 1. The lowest BCUT2D eigenvalue weighted by Gasteiger charge is -2.13. The third kappa shape index (κ3) is 5.65. The number of hydrogen-bond donors (Lipinski definition) is 3. The maximum Gasteiger partial charge on any atom is 0.292 e. The Kier molecular flexibility index (Phi) is 6.94. The van der Waals surface area contributed by atoms with Crippen molar-refractivity contribution in [1.82, 2.24) is 15.5 Å². The average molecular weight is 392 g/mol. The van der Waals surface area contributed by atoms with Gasteiger partial charge in [0, 0.05) is 13.1 Å². The van der Waals surface area contributed by atoms with Crippen LogP contribution in [0.3, 0.4) is 0 Å². The van der Waals surface area contributed by atoms with Gasteiger partial charge in [-0.1, -0.05) is 65.8 Å². The van der Waals surface area contributed by atoms with Gasteiger partial charge in [0.15, 0.2) is 5.96 Å². The summed E-state index contributed by atoms with van der Waals surface area (Å²) < 4.78 is 5.46. The molecule has 150 valence electrons. The lowest BCUT2D eigenvalue weighted by atomic mass is 9.91. The van der Waals surface area contributed by atoms with E-state index in [4.69, 9.17) is 16.0 Å². The van der Waals surface area contributed by atoms with Crippen LogP contribution in [-0.4, -0.2) is 35.1 Å². The Bertz CT molecular complexity index is 897. The zero-order chi connectivity index (χ0) is 20.5. The van der Waals surface area contributed by atoms with Crippen LogP contribution in [0.1, 0.15) is 46.4 Å². The van der Waals surface area contributed by atoms with Crippen LogP contribution in [-0.2, 0) is 0 Å². The lowest BCUT2D eigenvalue weighted by Crippen LogP contribution is -2.26. The molecule has 8 nitrogen and oxygen atoms in total. The second-order valence-electron chi connectivity index (χ2n) is 6.48. The van der Waals surface area contributed by atoms with Crippen molar-refractivity contribution in [2.75, 3.05) is 13.1 Å². The molecule has 0 radical (unpaired) electrons. The minimum atomic E-state index is -0.373. The molecule has 0 fully saturated rings. The van der Waals surface area contributed by atoms with E-state index in [1.807, 2.05) is 60.7 Å². The fourth-order valence-electron chi connectivity index (χ4n) is 2.94. The van der Waals surface area contributed by atoms with Gasteiger partial charge in [-0.2, -0.15) is 4.98 Å². The molecule has 3 aromatic rings. The summed E-state index contributed by atoms with van der Waals surface area (Å²) in [6, 6.07) is 19.7. The van der Waals surface area contributed by atoms with Gasteiger partial charge in [-0.05, 0) is 24.0 Å². The normalized spacial score (nSPS) is 10.7. The van der Waals surface area contributed by atoms with Crippen LogP contribution < -0.4 is 16.8 Å². The number of carbonyl (C=O) groups excluding carboxylic acids is 1. The van der Waals surface area contributed by atoms with Crippen molar-refractivity contribution in [3.05, 3.63) is 83.5 Å². The number of aromatic nitrogens is 2. The highest BCUT2D eigenvalue weighted by atomic mass is 16.5. The summed E-state index contributed by atoms with van der Waals surface area (Å²) >= 11 is 0. The standard InChI is InChI=1S/C21H24N6O2/c22-21(23)25-14-8-7-13-24-19(28)18-26-20(29-27-18)17(15-9-3-1-4-10-15)16-11-5-2-6-12-16/h1-6,9-12,17H,7-8,13-14H2,(H,24,28)(H4,22,23,25). The summed E-state index contributed by atoms with van der Waals surface area (Å²) in [4.78, 5) is 20.6. The molecule has 0 bridgehead atoms. The van der Waals surface area contributed by atoms with Crippen molar-refractivity contribution < 1.29 is 9.32 Å². The van der Waals surface area contributed by atoms with E-state index >= 15 is 0 Å². The van der Waals surface area contributed by atoms with E-state index in [-0.39, 0.29) is 23.6 Å². The Labute approximate surface area is 169 Å². The van der Waals surface area contributed by atoms with E-state index in [0.717, 1.165) is 24.0 Å². The highest BCUT2D eigenvalue weighted by Gasteiger charge is 2.24. The lowest BCUT2D eigenvalue weighted by molar-refractivity contribution is 0.0939. The van der Waals surface area contributed by atoms with Crippen molar-refractivity contribution in [3.8, 4) is 0 Å². The van der Waals surface area contributed by atoms with Gasteiger partial charge in [-0.15, -0.1) is 0 Å². The van der Waals surface area contributed by atoms with Gasteiger partial charge >= 0.3 is 0 Å². The monoisotopic (exact) mass is 392 g/mol. The summed E-state index contributed by atoms with van der Waals surface area (Å²) in [6.45, 7) is 1.00. The minimum Gasteiger partial charge on any atom is -0.370 e. The maximum atomic E-state index is 12.3. The van der Waals surface area contributed by atoms with Gasteiger partial charge in [0.25, 0.3) is 11.7 Å². The smallest absolute Gasteiger partial charge is 0.292 e. The molecule has 1 heterocycles. The molecular weight excluding hydrogens is 368 g/mol. The third-order valence-corrected chi connectivity index (χ3v) is 4.32. The van der Waals surface area contributed by atoms with Crippen LogP contribution in [0.15, 0.2) is 70.2 Å². The van der Waals surface area contributed by atoms with E-state index < -0.39 is 0 Å². The van der Waals surface area contributed by atoms with Gasteiger partial charge in [-0.3, -0.25) is 9.79 Å². The van der Waals surface area contributed by atoms with E-state index in [2.05, 4.69) is 20.4 Å². The first-order chi connectivity index (χ1) is 14.1. The Balaban J connectivity index is 1.68. The third-order valence-electron chi connectivity index (χ3n) is 4.32. The van der Waals surface area contributed by atoms with Gasteiger partial charge in [0.2, 0.25) is 5.89 Å². The van der Waals surface area contributed by atoms with Crippen LogP contribution in [0.25, 0.3) is 0 Å². The van der Waals surface area contributed by atoms with Crippen molar-refractivity contribution in [2.24, 2.45) is 16.5 Å². The first kappa shape index (κ1) is 20.1. The number of nitrogens with one attached hydrogen (secondary N) is 1. The van der Waals surface area contributed by atoms with Gasteiger partial charge in [0.05, 0.1) is 5.92 Å². The van der Waals surface area contributed by atoms with Gasteiger partial charge < -0.3 is 21.3 Å². The van der Waals surface area contributed by atoms with Gasteiger partial charge in [-0.25, -0.2) is 0 Å². The molecule has 0 atom stereocenters. The highest BCUT2D eigenvalue weighted by molar-refractivity contribution is 5.90. The van der Waals surface area contributed by atoms with Gasteiger partial charge in [0.1, 0.15) is 0 Å². The Morgan fingerprint density at radius 2 is 1.62 bits per heavy atom. The molecule has 0 saturated carbocycles. The predicted octanol–water partition coefficient (Wildman–Crippen LogP) is 2.03. The van der Waals surface area contributed by atoms with Crippen molar-refractivity contribution in [2.45, 2.75) is 18.8 Å². The fourth-order valence-corrected chi connectivity index (χ4v) is 2.94. The predicted molar refractivity (Wildman–Crippen MR) is 110 cm³/mol. The SMILES string of the molecule is NC(N)=NCCCCNC(=O)c1noc(C(c2ccccc2)c2ccccc2)n1. The Hall–Kier alpha value is -3.68. The molecule has 3 rings (SSSR count). The minimum absolute atomic E-state index is 0.0149. The number of nitrogens with two attached hydrogens (primary N) is 2. The van der Waals surface area contributed by atoms with Crippen LogP contribution >= 0.6 is 0 Å². The number of aliphatic imine (C=N–C) groups is 1. The van der Waals surface area contributed by atoms with Crippen molar-refractivity contribution in [1.29, 1.82) is 0 Å². The summed E-state index contributed by atoms with van der Waals surface area (Å²) in [7, 11) is 0. The Morgan fingerprint density at radius 1 is 1.00 bits per heavy atom. The number of hydrogen-bond acceptors (Lipinski definition) is 5. The number of nitrogens with zero attached hydrogens (tertiary/aromatic N) is 3. The zero-order valence-electron chi connectivity index (χ0n) is 16.0. The van der Waals surface area contributed by atoms with E-state index in [1.54, 1.807) is 0 Å². The van der Waals surface area contributed by atoms with E-state index in [1.165, 1.54) is 0 Å². The highest BCUT2D eigenvalue weighted by Crippen LogP contribution is 2.30. The molecule has 2 aromatic carbocycles. The van der Waals surface area contributed by atoms with Crippen molar-refractivity contribution in [3.63, 3.8) is 0 Å². The topological polar surface area (TPSA) is 132 Å². The van der Waals surface area contributed by atoms with Crippen LogP contribution in [0.5, 0.6) is 0 Å². The molecular formula is C21H24N6O2. The van der Waals surface area contributed by atoms with Crippen molar-refractivity contribution >= 4 is 11.9 Å². The summed E-state index contributed by atoms with van der Waals surface area (Å²) in [5, 5.41) is 6.66. The molecule has 1 aromatic heterocycles.